The fraction of sp³-hybridized carbons (Fsp3) is 0.714. The Morgan fingerprint density at radius 3 is 1.83 bits per heavy atom. The number of carbonyl (C=O) groups excluding carboxylic acids is 2. The minimum Gasteiger partial charge on any atom is -0.444 e. The van der Waals surface area contributed by atoms with Crippen molar-refractivity contribution in [3.8, 4) is 0 Å². The molecule has 0 unspecified atom stereocenters. The molecular weight excluding hydrogens is 440 g/mol. The first-order chi connectivity index (χ1) is 16.8. The zero-order valence-electron chi connectivity index (χ0n) is 21.9. The number of amides is 2. The normalized spacial score (nSPS) is 20.4. The highest BCUT2D eigenvalue weighted by atomic mass is 16.6. The Hall–Kier alpha value is -2.44. The minimum absolute atomic E-state index is 0.0322. The highest BCUT2D eigenvalue weighted by molar-refractivity contribution is 5.96. The SMILES string of the molecule is CC(C)(C)OC(=O)N1CCN(C(=O)c2ccc(NC3CCCCC3)c(NC3CCCCC3)c2)CC1. The number of ether oxygens (including phenoxy) is 1. The van der Waals surface area contributed by atoms with Crippen molar-refractivity contribution in [3.05, 3.63) is 23.8 Å². The molecule has 3 aliphatic rings. The van der Waals surface area contributed by atoms with Crippen molar-refractivity contribution in [1.82, 2.24) is 9.80 Å². The monoisotopic (exact) mass is 484 g/mol. The molecule has 2 aliphatic carbocycles. The summed E-state index contributed by atoms with van der Waals surface area (Å²) in [5, 5.41) is 7.55. The number of nitrogens with one attached hydrogen (secondary N) is 2. The van der Waals surface area contributed by atoms with Crippen molar-refractivity contribution in [2.45, 2.75) is 103 Å². The van der Waals surface area contributed by atoms with Gasteiger partial charge in [0.1, 0.15) is 5.60 Å². The van der Waals surface area contributed by atoms with Gasteiger partial charge >= 0.3 is 6.09 Å². The van der Waals surface area contributed by atoms with Crippen molar-refractivity contribution < 1.29 is 14.3 Å². The van der Waals surface area contributed by atoms with Gasteiger partial charge in [0.05, 0.1) is 11.4 Å². The fourth-order valence-electron chi connectivity index (χ4n) is 5.46. The van der Waals surface area contributed by atoms with Crippen LogP contribution >= 0.6 is 0 Å². The molecule has 7 nitrogen and oxygen atoms in total. The zero-order valence-corrected chi connectivity index (χ0v) is 21.9. The molecule has 1 aromatic rings. The predicted molar refractivity (Wildman–Crippen MR) is 141 cm³/mol. The molecule has 3 fully saturated rings. The molecule has 2 saturated carbocycles. The van der Waals surface area contributed by atoms with E-state index < -0.39 is 5.60 Å². The standard InChI is InChI=1S/C28H44N4O3/c1-28(2,3)35-27(34)32-18-16-31(17-19-32)26(33)21-14-15-24(29-22-10-6-4-7-11-22)25(20-21)30-23-12-8-5-9-13-23/h14-15,20,22-23,29-30H,4-13,16-19H2,1-3H3. The molecule has 1 heterocycles. The van der Waals surface area contributed by atoms with Gasteiger partial charge in [0.25, 0.3) is 5.91 Å². The Bertz CT molecular complexity index is 861. The van der Waals surface area contributed by atoms with Crippen LogP contribution in [0, 0.1) is 0 Å². The van der Waals surface area contributed by atoms with Crippen molar-refractivity contribution in [2.75, 3.05) is 36.8 Å². The summed E-state index contributed by atoms with van der Waals surface area (Å²) in [6.07, 6.45) is 12.3. The van der Waals surface area contributed by atoms with Crippen LogP contribution in [-0.4, -0.2) is 65.7 Å². The van der Waals surface area contributed by atoms with Crippen LogP contribution in [0.15, 0.2) is 18.2 Å². The van der Waals surface area contributed by atoms with E-state index in [9.17, 15) is 9.59 Å². The lowest BCUT2D eigenvalue weighted by molar-refractivity contribution is 0.0141. The lowest BCUT2D eigenvalue weighted by atomic mass is 9.94. The van der Waals surface area contributed by atoms with Crippen molar-refractivity contribution in [2.24, 2.45) is 0 Å². The molecule has 1 saturated heterocycles. The van der Waals surface area contributed by atoms with Crippen LogP contribution in [-0.2, 0) is 4.74 Å². The maximum absolute atomic E-state index is 13.4. The molecule has 35 heavy (non-hydrogen) atoms. The zero-order chi connectivity index (χ0) is 24.8. The first kappa shape index (κ1) is 25.6. The van der Waals surface area contributed by atoms with Gasteiger partial charge in [0.15, 0.2) is 0 Å². The number of carbonyl (C=O) groups is 2. The second kappa shape index (κ2) is 11.5. The molecular formula is C28H44N4O3. The molecule has 2 N–H and O–H groups in total. The van der Waals surface area contributed by atoms with Crippen LogP contribution in [0.2, 0.25) is 0 Å². The van der Waals surface area contributed by atoms with E-state index in [4.69, 9.17) is 4.74 Å². The summed E-state index contributed by atoms with van der Waals surface area (Å²) in [6, 6.07) is 7.07. The first-order valence-electron chi connectivity index (χ1n) is 13.7. The molecule has 194 valence electrons. The van der Waals surface area contributed by atoms with E-state index >= 15 is 0 Å². The van der Waals surface area contributed by atoms with Gasteiger partial charge in [-0.25, -0.2) is 4.79 Å². The molecule has 1 aliphatic heterocycles. The molecule has 0 spiro atoms. The van der Waals surface area contributed by atoms with Gasteiger partial charge < -0.3 is 25.2 Å². The molecule has 0 radical (unpaired) electrons. The van der Waals surface area contributed by atoms with Crippen molar-refractivity contribution in [3.63, 3.8) is 0 Å². The summed E-state index contributed by atoms with van der Waals surface area (Å²) in [7, 11) is 0. The Morgan fingerprint density at radius 2 is 1.29 bits per heavy atom. The van der Waals surface area contributed by atoms with Gasteiger partial charge in [-0.3, -0.25) is 4.79 Å². The van der Waals surface area contributed by atoms with Crippen molar-refractivity contribution >= 4 is 23.4 Å². The summed E-state index contributed by atoms with van der Waals surface area (Å²) in [6.45, 7) is 7.64. The highest BCUT2D eigenvalue weighted by Crippen LogP contribution is 2.31. The van der Waals surface area contributed by atoms with Gasteiger partial charge in [-0.05, 0) is 64.7 Å². The van der Waals surface area contributed by atoms with E-state index in [1.807, 2.05) is 37.8 Å². The maximum Gasteiger partial charge on any atom is 0.410 e. The average molecular weight is 485 g/mol. The number of hydrogen-bond donors (Lipinski definition) is 2. The summed E-state index contributed by atoms with van der Waals surface area (Å²) >= 11 is 0. The Balaban J connectivity index is 1.43. The molecule has 0 bridgehead atoms. The van der Waals surface area contributed by atoms with E-state index in [0.717, 1.165) is 11.4 Å². The molecule has 7 heteroatoms. The van der Waals surface area contributed by atoms with Gasteiger partial charge in [0, 0.05) is 43.8 Å². The largest absolute Gasteiger partial charge is 0.444 e. The quantitative estimate of drug-likeness (QED) is 0.547. The summed E-state index contributed by atoms with van der Waals surface area (Å²) in [5.41, 5.74) is 2.37. The van der Waals surface area contributed by atoms with Gasteiger partial charge in [-0.2, -0.15) is 0 Å². The number of anilines is 2. The molecule has 4 rings (SSSR count). The number of rotatable bonds is 5. The van der Waals surface area contributed by atoms with Crippen LogP contribution in [0.5, 0.6) is 0 Å². The Morgan fingerprint density at radius 1 is 0.771 bits per heavy atom. The van der Waals surface area contributed by atoms with E-state index in [1.54, 1.807) is 4.90 Å². The molecule has 1 aromatic carbocycles. The van der Waals surface area contributed by atoms with E-state index in [-0.39, 0.29) is 12.0 Å². The van der Waals surface area contributed by atoms with E-state index in [2.05, 4.69) is 16.7 Å². The second-order valence-electron chi connectivity index (χ2n) is 11.5. The van der Waals surface area contributed by atoms with E-state index in [1.165, 1.54) is 64.2 Å². The third-order valence-electron chi connectivity index (χ3n) is 7.41. The highest BCUT2D eigenvalue weighted by Gasteiger charge is 2.28. The van der Waals surface area contributed by atoms with E-state index in [0.29, 0.717) is 43.8 Å². The average Bonchev–Trinajstić information content (AvgIpc) is 2.85. The minimum atomic E-state index is -0.515. The Labute approximate surface area is 210 Å². The van der Waals surface area contributed by atoms with Gasteiger partial charge in [-0.15, -0.1) is 0 Å². The summed E-state index contributed by atoms with van der Waals surface area (Å²) in [5.74, 6) is 0.0322. The van der Waals surface area contributed by atoms with Crippen LogP contribution < -0.4 is 10.6 Å². The summed E-state index contributed by atoms with van der Waals surface area (Å²) in [4.78, 5) is 29.3. The second-order valence-corrected chi connectivity index (χ2v) is 11.5. The third kappa shape index (κ3) is 7.28. The molecule has 2 amide bonds. The number of benzene rings is 1. The molecule has 0 aromatic heterocycles. The third-order valence-corrected chi connectivity index (χ3v) is 7.41. The number of nitrogens with zero attached hydrogens (tertiary/aromatic N) is 2. The topological polar surface area (TPSA) is 73.9 Å². The lowest BCUT2D eigenvalue weighted by Crippen LogP contribution is -2.51. The smallest absolute Gasteiger partial charge is 0.410 e. The van der Waals surface area contributed by atoms with Crippen LogP contribution in [0.1, 0.15) is 95.3 Å². The number of hydrogen-bond acceptors (Lipinski definition) is 5. The lowest BCUT2D eigenvalue weighted by Gasteiger charge is -2.35. The first-order valence-corrected chi connectivity index (χ1v) is 13.7. The van der Waals surface area contributed by atoms with Crippen LogP contribution in [0.3, 0.4) is 0 Å². The summed E-state index contributed by atoms with van der Waals surface area (Å²) < 4.78 is 5.49. The predicted octanol–water partition coefficient (Wildman–Crippen LogP) is 5.87. The van der Waals surface area contributed by atoms with Gasteiger partial charge in [0.2, 0.25) is 0 Å². The number of piperazine rings is 1. The van der Waals surface area contributed by atoms with Crippen LogP contribution in [0.25, 0.3) is 0 Å². The molecule has 0 atom stereocenters. The van der Waals surface area contributed by atoms with Crippen LogP contribution in [0.4, 0.5) is 16.2 Å². The maximum atomic E-state index is 13.4. The Kier molecular flexibility index (Phi) is 8.45. The van der Waals surface area contributed by atoms with Gasteiger partial charge in [-0.1, -0.05) is 38.5 Å². The fourth-order valence-corrected chi connectivity index (χ4v) is 5.46. The van der Waals surface area contributed by atoms with Crippen molar-refractivity contribution in [1.29, 1.82) is 0 Å².